The van der Waals surface area contributed by atoms with Gasteiger partial charge in [0.2, 0.25) is 5.91 Å². The molecular weight excluding hydrogens is 414 g/mol. The Bertz CT molecular complexity index is 1300. The Hall–Kier alpha value is -3.65. The summed E-state index contributed by atoms with van der Waals surface area (Å²) < 4.78 is 12.1. The number of rotatable bonds is 6. The lowest BCUT2D eigenvalue weighted by atomic mass is 10.1. The second kappa shape index (κ2) is 8.61. The molecule has 0 aliphatic heterocycles. The molecule has 0 bridgehead atoms. The van der Waals surface area contributed by atoms with Gasteiger partial charge in [-0.05, 0) is 36.8 Å². The summed E-state index contributed by atoms with van der Waals surface area (Å²) in [5.74, 6) is 0.879. The van der Waals surface area contributed by atoms with Crippen molar-refractivity contribution < 1.29 is 14.3 Å². The highest BCUT2D eigenvalue weighted by Crippen LogP contribution is 2.36. The number of thiophene rings is 1. The summed E-state index contributed by atoms with van der Waals surface area (Å²) in [5, 5.41) is 5.19. The first-order valence-corrected chi connectivity index (χ1v) is 10.5. The Balaban J connectivity index is 1.74. The first kappa shape index (κ1) is 20.6. The number of benzene rings is 2. The number of anilines is 1. The molecule has 1 amide bonds. The van der Waals surface area contributed by atoms with Gasteiger partial charge >= 0.3 is 0 Å². The lowest BCUT2D eigenvalue weighted by molar-refractivity contribution is -0.118. The average molecular weight is 436 g/mol. The Morgan fingerprint density at radius 3 is 2.55 bits per heavy atom. The number of hydrogen-bond donors (Lipinski definition) is 1. The van der Waals surface area contributed by atoms with E-state index in [1.54, 1.807) is 39.3 Å². The van der Waals surface area contributed by atoms with Crippen molar-refractivity contribution in [2.24, 2.45) is 0 Å². The summed E-state index contributed by atoms with van der Waals surface area (Å²) in [6.07, 6.45) is 1.43. The minimum absolute atomic E-state index is 0.272. The normalized spacial score (nSPS) is 11.8. The Kier molecular flexibility index (Phi) is 5.73. The third-order valence-corrected chi connectivity index (χ3v) is 5.94. The standard InChI is InChI=1S/C23H21N3O4S/c1-14(21(27)25-16-7-5-4-6-8-16)26-13-24-22-20(23(26)28)17(12-31-22)15-9-10-18(29-2)19(11-15)30-3/h4-14H,1-3H3,(H,25,27). The molecule has 0 aliphatic carbocycles. The lowest BCUT2D eigenvalue weighted by Gasteiger charge is -2.15. The molecule has 0 fully saturated rings. The molecule has 2 heterocycles. The fourth-order valence-electron chi connectivity index (χ4n) is 3.33. The fraction of sp³-hybridized carbons (Fsp3) is 0.174. The van der Waals surface area contributed by atoms with E-state index in [2.05, 4.69) is 10.3 Å². The summed E-state index contributed by atoms with van der Waals surface area (Å²) in [6.45, 7) is 1.68. The van der Waals surface area contributed by atoms with Crippen LogP contribution in [0.5, 0.6) is 11.5 Å². The zero-order chi connectivity index (χ0) is 22.0. The second-order valence-electron chi connectivity index (χ2n) is 6.89. The number of hydrogen-bond acceptors (Lipinski definition) is 6. The highest BCUT2D eigenvalue weighted by atomic mass is 32.1. The van der Waals surface area contributed by atoms with Gasteiger partial charge in [-0.2, -0.15) is 0 Å². The van der Waals surface area contributed by atoms with Crippen molar-refractivity contribution >= 4 is 33.1 Å². The summed E-state index contributed by atoms with van der Waals surface area (Å²) >= 11 is 1.38. The van der Waals surface area contributed by atoms with Gasteiger partial charge in [0, 0.05) is 16.6 Å². The number of para-hydroxylation sites is 1. The van der Waals surface area contributed by atoms with Crippen molar-refractivity contribution in [3.63, 3.8) is 0 Å². The van der Waals surface area contributed by atoms with Crippen molar-refractivity contribution in [3.8, 4) is 22.6 Å². The summed E-state index contributed by atoms with van der Waals surface area (Å²) in [6, 6.07) is 13.9. The molecule has 4 rings (SSSR count). The molecule has 7 nitrogen and oxygen atoms in total. The average Bonchev–Trinajstić information content (AvgIpc) is 3.24. The van der Waals surface area contributed by atoms with Crippen molar-refractivity contribution in [1.82, 2.24) is 9.55 Å². The predicted molar refractivity (Wildman–Crippen MR) is 122 cm³/mol. The van der Waals surface area contributed by atoms with Crippen LogP contribution in [0.1, 0.15) is 13.0 Å². The van der Waals surface area contributed by atoms with Gasteiger partial charge in [0.05, 0.1) is 25.9 Å². The van der Waals surface area contributed by atoms with Gasteiger partial charge < -0.3 is 14.8 Å². The van der Waals surface area contributed by atoms with E-state index in [1.165, 1.54) is 22.2 Å². The molecule has 1 N–H and O–H groups in total. The Morgan fingerprint density at radius 2 is 1.84 bits per heavy atom. The number of nitrogens with one attached hydrogen (secondary N) is 1. The van der Waals surface area contributed by atoms with Crippen LogP contribution in [-0.4, -0.2) is 29.7 Å². The monoisotopic (exact) mass is 435 g/mol. The summed E-state index contributed by atoms with van der Waals surface area (Å²) in [7, 11) is 3.14. The van der Waals surface area contributed by atoms with Gasteiger partial charge in [0.25, 0.3) is 5.56 Å². The van der Waals surface area contributed by atoms with Gasteiger partial charge in [0.1, 0.15) is 10.9 Å². The molecule has 31 heavy (non-hydrogen) atoms. The molecule has 2 aromatic heterocycles. The van der Waals surface area contributed by atoms with Crippen LogP contribution in [0.25, 0.3) is 21.3 Å². The first-order chi connectivity index (χ1) is 15.0. The number of methoxy groups -OCH3 is 2. The Morgan fingerprint density at radius 1 is 1.10 bits per heavy atom. The molecule has 1 unspecified atom stereocenters. The number of amides is 1. The number of aromatic nitrogens is 2. The molecule has 1 atom stereocenters. The molecule has 0 radical (unpaired) electrons. The SMILES string of the molecule is COc1ccc(-c2csc3ncn(C(C)C(=O)Nc4ccccc4)c(=O)c23)cc1OC. The van der Waals surface area contributed by atoms with E-state index >= 15 is 0 Å². The smallest absolute Gasteiger partial charge is 0.263 e. The molecule has 0 saturated carbocycles. The first-order valence-electron chi connectivity index (χ1n) is 9.60. The zero-order valence-corrected chi connectivity index (χ0v) is 18.1. The molecule has 158 valence electrons. The van der Waals surface area contributed by atoms with Crippen LogP contribution >= 0.6 is 11.3 Å². The number of carbonyl (C=O) groups excluding carboxylic acids is 1. The van der Waals surface area contributed by atoms with Crippen LogP contribution in [0.3, 0.4) is 0 Å². The largest absolute Gasteiger partial charge is 0.493 e. The van der Waals surface area contributed by atoms with Crippen molar-refractivity contribution in [2.75, 3.05) is 19.5 Å². The van der Waals surface area contributed by atoms with E-state index in [-0.39, 0.29) is 11.5 Å². The number of nitrogens with zero attached hydrogens (tertiary/aromatic N) is 2. The molecule has 0 saturated heterocycles. The van der Waals surface area contributed by atoms with Crippen LogP contribution in [0.2, 0.25) is 0 Å². The Labute approximate surface area is 182 Å². The topological polar surface area (TPSA) is 82.5 Å². The molecular formula is C23H21N3O4S. The van der Waals surface area contributed by atoms with Crippen LogP contribution in [0, 0.1) is 0 Å². The van der Waals surface area contributed by atoms with Gasteiger partial charge in [-0.25, -0.2) is 4.98 Å². The van der Waals surface area contributed by atoms with Gasteiger partial charge in [-0.1, -0.05) is 24.3 Å². The molecule has 4 aromatic rings. The minimum atomic E-state index is -0.734. The van der Waals surface area contributed by atoms with Crippen molar-refractivity contribution in [2.45, 2.75) is 13.0 Å². The van der Waals surface area contributed by atoms with Gasteiger partial charge in [-0.3, -0.25) is 14.2 Å². The van der Waals surface area contributed by atoms with Crippen molar-refractivity contribution in [1.29, 1.82) is 0 Å². The number of fused-ring (bicyclic) bond motifs is 1. The number of carbonyl (C=O) groups is 1. The second-order valence-corrected chi connectivity index (χ2v) is 7.75. The van der Waals surface area contributed by atoms with Crippen LogP contribution in [-0.2, 0) is 4.79 Å². The maximum Gasteiger partial charge on any atom is 0.263 e. The molecule has 8 heteroatoms. The summed E-state index contributed by atoms with van der Waals surface area (Å²) in [4.78, 5) is 31.1. The van der Waals surface area contributed by atoms with E-state index in [9.17, 15) is 9.59 Å². The van der Waals surface area contributed by atoms with E-state index < -0.39 is 6.04 Å². The van der Waals surface area contributed by atoms with E-state index in [1.807, 2.05) is 35.7 Å². The maximum atomic E-state index is 13.4. The maximum absolute atomic E-state index is 13.4. The predicted octanol–water partition coefficient (Wildman–Crippen LogP) is 4.34. The number of ether oxygens (including phenoxy) is 2. The highest BCUT2D eigenvalue weighted by molar-refractivity contribution is 7.17. The zero-order valence-electron chi connectivity index (χ0n) is 17.3. The highest BCUT2D eigenvalue weighted by Gasteiger charge is 2.21. The van der Waals surface area contributed by atoms with Crippen LogP contribution < -0.4 is 20.3 Å². The fourth-order valence-corrected chi connectivity index (χ4v) is 4.24. The van der Waals surface area contributed by atoms with Gasteiger partial charge in [0.15, 0.2) is 11.5 Å². The molecule has 0 spiro atoms. The third-order valence-electron chi connectivity index (χ3n) is 5.05. The molecule has 0 aliphatic rings. The molecule has 2 aromatic carbocycles. The quantitative estimate of drug-likeness (QED) is 0.487. The summed E-state index contributed by atoms with van der Waals surface area (Å²) in [5.41, 5.74) is 1.94. The van der Waals surface area contributed by atoms with E-state index in [0.29, 0.717) is 27.4 Å². The van der Waals surface area contributed by atoms with E-state index in [0.717, 1.165) is 11.1 Å². The third kappa shape index (κ3) is 3.89. The van der Waals surface area contributed by atoms with E-state index in [4.69, 9.17) is 9.47 Å². The minimum Gasteiger partial charge on any atom is -0.493 e. The van der Waals surface area contributed by atoms with Crippen LogP contribution in [0.4, 0.5) is 5.69 Å². The lowest BCUT2D eigenvalue weighted by Crippen LogP contribution is -2.31. The van der Waals surface area contributed by atoms with Crippen LogP contribution in [0.15, 0.2) is 65.0 Å². The van der Waals surface area contributed by atoms with Crippen molar-refractivity contribution in [3.05, 3.63) is 70.6 Å². The van der Waals surface area contributed by atoms with Gasteiger partial charge in [-0.15, -0.1) is 11.3 Å².